The van der Waals surface area contributed by atoms with Crippen molar-refractivity contribution >= 4 is 23.1 Å². The van der Waals surface area contributed by atoms with Gasteiger partial charge in [-0.2, -0.15) is 4.98 Å². The van der Waals surface area contributed by atoms with Crippen molar-refractivity contribution in [3.05, 3.63) is 36.0 Å². The molecule has 0 saturated heterocycles. The zero-order chi connectivity index (χ0) is 18.1. The molecule has 25 heavy (non-hydrogen) atoms. The van der Waals surface area contributed by atoms with E-state index in [2.05, 4.69) is 70.5 Å². The Morgan fingerprint density at radius 2 is 1.68 bits per heavy atom. The number of hydrogen-bond acceptors (Lipinski definition) is 5. The van der Waals surface area contributed by atoms with Crippen molar-refractivity contribution in [1.29, 1.82) is 0 Å². The summed E-state index contributed by atoms with van der Waals surface area (Å²) in [6.45, 7) is 11.5. The third kappa shape index (κ3) is 5.93. The van der Waals surface area contributed by atoms with E-state index in [1.54, 1.807) is 0 Å². The fourth-order valence-corrected chi connectivity index (χ4v) is 2.78. The first-order valence-electron chi connectivity index (χ1n) is 9.37. The quantitative estimate of drug-likeness (QED) is 0.597. The lowest BCUT2D eigenvalue weighted by Crippen LogP contribution is -2.21. The fourth-order valence-electron chi connectivity index (χ4n) is 2.78. The summed E-state index contributed by atoms with van der Waals surface area (Å²) in [5, 5.41) is 6.70. The molecule has 1 aromatic carbocycles. The molecule has 0 spiro atoms. The number of nitrogens with one attached hydrogen (secondary N) is 2. The molecule has 0 unspecified atom stereocenters. The summed E-state index contributed by atoms with van der Waals surface area (Å²) in [5.41, 5.74) is 3.23. The van der Waals surface area contributed by atoms with E-state index in [1.165, 1.54) is 18.5 Å². The summed E-state index contributed by atoms with van der Waals surface area (Å²) in [7, 11) is 0. The minimum atomic E-state index is 0.693. The van der Waals surface area contributed by atoms with Gasteiger partial charge >= 0.3 is 0 Å². The van der Waals surface area contributed by atoms with Crippen LogP contribution in [0.4, 0.5) is 23.1 Å². The molecule has 0 aliphatic heterocycles. The third-order valence-electron chi connectivity index (χ3n) is 4.19. The van der Waals surface area contributed by atoms with Crippen LogP contribution in [0.15, 0.2) is 30.3 Å². The van der Waals surface area contributed by atoms with Gasteiger partial charge in [-0.1, -0.05) is 19.8 Å². The van der Waals surface area contributed by atoms with Crippen molar-refractivity contribution in [1.82, 2.24) is 9.97 Å². The fraction of sp³-hybridized carbons (Fsp3) is 0.500. The van der Waals surface area contributed by atoms with Crippen molar-refractivity contribution in [2.24, 2.45) is 0 Å². The van der Waals surface area contributed by atoms with Gasteiger partial charge in [-0.3, -0.25) is 0 Å². The van der Waals surface area contributed by atoms with Gasteiger partial charge in [0.05, 0.1) is 0 Å². The van der Waals surface area contributed by atoms with Crippen LogP contribution in [0.25, 0.3) is 0 Å². The maximum Gasteiger partial charge on any atom is 0.224 e. The van der Waals surface area contributed by atoms with E-state index in [9.17, 15) is 0 Å². The SMILES string of the molecule is CCCCCNc1nc(C)cc(Nc2ccc(N(CC)CC)cc2)n1. The van der Waals surface area contributed by atoms with E-state index in [4.69, 9.17) is 0 Å². The smallest absolute Gasteiger partial charge is 0.224 e. The van der Waals surface area contributed by atoms with Gasteiger partial charge in [0.15, 0.2) is 0 Å². The van der Waals surface area contributed by atoms with E-state index in [0.717, 1.165) is 43.3 Å². The minimum absolute atomic E-state index is 0.693. The van der Waals surface area contributed by atoms with E-state index < -0.39 is 0 Å². The number of unbranched alkanes of at least 4 members (excludes halogenated alkanes) is 2. The molecule has 136 valence electrons. The van der Waals surface area contributed by atoms with Crippen molar-refractivity contribution < 1.29 is 0 Å². The van der Waals surface area contributed by atoms with Crippen LogP contribution in [-0.4, -0.2) is 29.6 Å². The van der Waals surface area contributed by atoms with Crippen molar-refractivity contribution in [2.75, 3.05) is 35.2 Å². The van der Waals surface area contributed by atoms with E-state index >= 15 is 0 Å². The Morgan fingerprint density at radius 1 is 0.960 bits per heavy atom. The van der Waals surface area contributed by atoms with E-state index in [0.29, 0.717) is 5.95 Å². The van der Waals surface area contributed by atoms with Crippen molar-refractivity contribution in [2.45, 2.75) is 47.0 Å². The molecular formula is C20H31N5. The molecule has 0 amide bonds. The van der Waals surface area contributed by atoms with Crippen LogP contribution in [0.3, 0.4) is 0 Å². The molecule has 2 rings (SSSR count). The molecule has 0 fully saturated rings. The number of hydrogen-bond donors (Lipinski definition) is 2. The molecule has 1 aromatic heterocycles. The second kappa shape index (κ2) is 9.87. The Hall–Kier alpha value is -2.30. The standard InChI is InChI=1S/C20H31N5/c1-5-8-9-14-21-20-22-16(4)15-19(24-20)23-17-10-12-18(13-11-17)25(6-2)7-3/h10-13,15H,5-9,14H2,1-4H3,(H2,21,22,23,24). The predicted octanol–water partition coefficient (Wildman–Crippen LogP) is 4.98. The molecular weight excluding hydrogens is 310 g/mol. The lowest BCUT2D eigenvalue weighted by atomic mass is 10.2. The predicted molar refractivity (Wildman–Crippen MR) is 108 cm³/mol. The van der Waals surface area contributed by atoms with E-state index in [-0.39, 0.29) is 0 Å². The average molecular weight is 342 g/mol. The molecule has 0 atom stereocenters. The molecule has 0 radical (unpaired) electrons. The number of aromatic nitrogens is 2. The summed E-state index contributed by atoms with van der Waals surface area (Å²) >= 11 is 0. The Labute approximate surface area is 151 Å². The highest BCUT2D eigenvalue weighted by molar-refractivity contribution is 5.61. The van der Waals surface area contributed by atoms with Crippen LogP contribution in [0.5, 0.6) is 0 Å². The van der Waals surface area contributed by atoms with Gasteiger partial charge in [0.1, 0.15) is 5.82 Å². The zero-order valence-electron chi connectivity index (χ0n) is 16.0. The zero-order valence-corrected chi connectivity index (χ0v) is 16.0. The minimum Gasteiger partial charge on any atom is -0.372 e. The van der Waals surface area contributed by atoms with Gasteiger partial charge in [-0.25, -0.2) is 4.98 Å². The summed E-state index contributed by atoms with van der Waals surface area (Å²) in [6.07, 6.45) is 3.58. The highest BCUT2D eigenvalue weighted by atomic mass is 15.1. The third-order valence-corrected chi connectivity index (χ3v) is 4.19. The van der Waals surface area contributed by atoms with Crippen LogP contribution in [0.2, 0.25) is 0 Å². The molecule has 2 aromatic rings. The van der Waals surface area contributed by atoms with Crippen molar-refractivity contribution in [3.63, 3.8) is 0 Å². The molecule has 1 heterocycles. The lowest BCUT2D eigenvalue weighted by Gasteiger charge is -2.21. The van der Waals surface area contributed by atoms with Crippen LogP contribution < -0.4 is 15.5 Å². The summed E-state index contributed by atoms with van der Waals surface area (Å²) in [5.74, 6) is 1.51. The van der Waals surface area contributed by atoms with Crippen LogP contribution in [-0.2, 0) is 0 Å². The topological polar surface area (TPSA) is 53.1 Å². The monoisotopic (exact) mass is 341 g/mol. The van der Waals surface area contributed by atoms with Gasteiger partial charge in [0.2, 0.25) is 5.95 Å². The molecule has 5 nitrogen and oxygen atoms in total. The largest absolute Gasteiger partial charge is 0.372 e. The van der Waals surface area contributed by atoms with Gasteiger partial charge in [0, 0.05) is 42.8 Å². The van der Waals surface area contributed by atoms with Crippen LogP contribution in [0, 0.1) is 6.92 Å². The molecule has 5 heteroatoms. The van der Waals surface area contributed by atoms with Gasteiger partial charge in [-0.05, 0) is 51.5 Å². The number of anilines is 4. The Kier molecular flexibility index (Phi) is 7.51. The average Bonchev–Trinajstić information content (AvgIpc) is 2.61. The van der Waals surface area contributed by atoms with Gasteiger partial charge in [0.25, 0.3) is 0 Å². The second-order valence-electron chi connectivity index (χ2n) is 6.20. The second-order valence-corrected chi connectivity index (χ2v) is 6.20. The maximum atomic E-state index is 4.57. The van der Waals surface area contributed by atoms with Crippen molar-refractivity contribution in [3.8, 4) is 0 Å². The first-order valence-corrected chi connectivity index (χ1v) is 9.37. The van der Waals surface area contributed by atoms with Crippen LogP contribution in [0.1, 0.15) is 45.7 Å². The Morgan fingerprint density at radius 3 is 2.32 bits per heavy atom. The first kappa shape index (κ1) is 19.0. The van der Waals surface area contributed by atoms with Gasteiger partial charge < -0.3 is 15.5 Å². The summed E-state index contributed by atoms with van der Waals surface area (Å²) < 4.78 is 0. The Balaban J connectivity index is 2.02. The number of nitrogens with zero attached hydrogens (tertiary/aromatic N) is 3. The van der Waals surface area contributed by atoms with Gasteiger partial charge in [-0.15, -0.1) is 0 Å². The first-order chi connectivity index (χ1) is 12.2. The highest BCUT2D eigenvalue weighted by Crippen LogP contribution is 2.21. The lowest BCUT2D eigenvalue weighted by molar-refractivity contribution is 0.740. The normalized spacial score (nSPS) is 10.6. The molecule has 0 aliphatic carbocycles. The number of aryl methyl sites for hydroxylation is 1. The number of rotatable bonds is 10. The maximum absolute atomic E-state index is 4.57. The molecule has 0 bridgehead atoms. The number of benzene rings is 1. The molecule has 2 N–H and O–H groups in total. The Bertz CT molecular complexity index is 635. The molecule has 0 aliphatic rings. The summed E-state index contributed by atoms with van der Waals surface area (Å²) in [6, 6.07) is 10.5. The highest BCUT2D eigenvalue weighted by Gasteiger charge is 2.04. The molecule has 0 saturated carbocycles. The van der Waals surface area contributed by atoms with E-state index in [1.807, 2.05) is 13.0 Å². The summed E-state index contributed by atoms with van der Waals surface area (Å²) in [4.78, 5) is 11.4. The van der Waals surface area contributed by atoms with Crippen LogP contribution >= 0.6 is 0 Å².